The van der Waals surface area contributed by atoms with E-state index in [0.717, 1.165) is 39.4 Å². The third-order valence-electron chi connectivity index (χ3n) is 6.03. The largest absolute Gasteiger partial charge is 0.417 e. The van der Waals surface area contributed by atoms with Crippen LogP contribution in [0.3, 0.4) is 0 Å². The predicted octanol–water partition coefficient (Wildman–Crippen LogP) is 5.70. The summed E-state index contributed by atoms with van der Waals surface area (Å²) in [7, 11) is 0. The number of aryl methyl sites for hydroxylation is 1. The summed E-state index contributed by atoms with van der Waals surface area (Å²) in [6, 6.07) is 20.0. The number of hydrogen-bond acceptors (Lipinski definition) is 3. The molecule has 0 spiro atoms. The Morgan fingerprint density at radius 2 is 1.76 bits per heavy atom. The maximum absolute atomic E-state index is 13.5. The van der Waals surface area contributed by atoms with E-state index in [9.17, 15) is 18.0 Å². The van der Waals surface area contributed by atoms with Crippen LogP contribution in [0.4, 0.5) is 24.5 Å². The number of alkyl halides is 3. The van der Waals surface area contributed by atoms with Gasteiger partial charge in [0.05, 0.1) is 22.9 Å². The lowest BCUT2D eigenvalue weighted by atomic mass is 9.93. The molecular weight excluding hydrogens is 447 g/mol. The quantitative estimate of drug-likeness (QED) is 0.458. The van der Waals surface area contributed by atoms with E-state index in [1.807, 2.05) is 42.5 Å². The number of nitriles is 1. The molecule has 0 N–H and O–H groups in total. The number of carbonyl (C=O) groups excluding carboxylic acids is 1. The summed E-state index contributed by atoms with van der Waals surface area (Å²) in [6.45, 7) is 0. The molecular formula is C25H16F3N3OS. The van der Waals surface area contributed by atoms with Crippen LogP contribution in [0.1, 0.15) is 23.1 Å². The summed E-state index contributed by atoms with van der Waals surface area (Å²) in [5.74, 6) is -0.365. The molecule has 0 aromatic heterocycles. The predicted molar refractivity (Wildman–Crippen MR) is 123 cm³/mol. The normalized spacial score (nSPS) is 17.6. The van der Waals surface area contributed by atoms with E-state index >= 15 is 0 Å². The molecule has 1 saturated heterocycles. The molecule has 1 amide bonds. The highest BCUT2D eigenvalue weighted by Gasteiger charge is 2.47. The Morgan fingerprint density at radius 3 is 2.45 bits per heavy atom. The summed E-state index contributed by atoms with van der Waals surface area (Å²) in [5, 5.41) is 9.20. The number of anilines is 2. The average molecular weight is 463 g/mol. The highest BCUT2D eigenvalue weighted by atomic mass is 32.1. The van der Waals surface area contributed by atoms with Crippen LogP contribution in [0.2, 0.25) is 0 Å². The van der Waals surface area contributed by atoms with Gasteiger partial charge < -0.3 is 4.90 Å². The topological polar surface area (TPSA) is 47.3 Å². The van der Waals surface area contributed by atoms with Crippen molar-refractivity contribution in [3.63, 3.8) is 0 Å². The average Bonchev–Trinajstić information content (AvgIpc) is 3.08. The summed E-state index contributed by atoms with van der Waals surface area (Å²) < 4.78 is 40.4. The first-order valence-corrected chi connectivity index (χ1v) is 10.7. The Morgan fingerprint density at radius 1 is 1.00 bits per heavy atom. The first kappa shape index (κ1) is 21.2. The highest BCUT2D eigenvalue weighted by molar-refractivity contribution is 7.81. The number of amides is 1. The summed E-state index contributed by atoms with van der Waals surface area (Å²) in [5.41, 5.74) is 2.35. The van der Waals surface area contributed by atoms with Crippen molar-refractivity contribution in [2.24, 2.45) is 0 Å². The number of hydrogen-bond donors (Lipinski definition) is 0. The maximum atomic E-state index is 13.5. The van der Waals surface area contributed by atoms with E-state index in [4.69, 9.17) is 17.5 Å². The van der Waals surface area contributed by atoms with Crippen molar-refractivity contribution in [1.82, 2.24) is 0 Å². The smallest absolute Gasteiger partial charge is 0.305 e. The fourth-order valence-corrected chi connectivity index (χ4v) is 4.90. The van der Waals surface area contributed by atoms with E-state index in [1.54, 1.807) is 11.0 Å². The molecule has 2 aliphatic rings. The zero-order chi connectivity index (χ0) is 23.3. The lowest BCUT2D eigenvalue weighted by molar-refractivity contribution is -0.137. The Hall–Kier alpha value is -3.70. The van der Waals surface area contributed by atoms with Crippen LogP contribution in [0.5, 0.6) is 0 Å². The van der Waals surface area contributed by atoms with E-state index in [1.165, 1.54) is 6.07 Å². The molecule has 1 atom stereocenters. The van der Waals surface area contributed by atoms with Crippen LogP contribution in [-0.2, 0) is 17.4 Å². The van der Waals surface area contributed by atoms with Crippen LogP contribution in [-0.4, -0.2) is 17.1 Å². The Labute approximate surface area is 193 Å². The Bertz CT molecular complexity index is 1330. The van der Waals surface area contributed by atoms with E-state index in [2.05, 4.69) is 6.07 Å². The van der Waals surface area contributed by atoms with Gasteiger partial charge in [-0.05, 0) is 72.1 Å². The molecule has 33 heavy (non-hydrogen) atoms. The Kier molecular flexibility index (Phi) is 4.94. The Balaban J connectivity index is 1.54. The van der Waals surface area contributed by atoms with E-state index < -0.39 is 23.3 Å². The minimum absolute atomic E-state index is 0.00757. The van der Waals surface area contributed by atoms with Gasteiger partial charge in [0.1, 0.15) is 6.04 Å². The minimum atomic E-state index is -4.72. The lowest BCUT2D eigenvalue weighted by Gasteiger charge is -2.31. The first-order chi connectivity index (χ1) is 15.8. The third kappa shape index (κ3) is 3.45. The van der Waals surface area contributed by atoms with Crippen molar-refractivity contribution in [1.29, 1.82) is 5.26 Å². The monoisotopic (exact) mass is 463 g/mol. The number of benzene rings is 3. The zero-order valence-corrected chi connectivity index (χ0v) is 18.0. The molecule has 3 aromatic carbocycles. The first-order valence-electron chi connectivity index (χ1n) is 10.3. The number of halogens is 3. The van der Waals surface area contributed by atoms with Crippen LogP contribution in [0.25, 0.3) is 11.1 Å². The molecule has 0 radical (unpaired) electrons. The molecule has 2 aliphatic heterocycles. The fourth-order valence-electron chi connectivity index (χ4n) is 4.48. The van der Waals surface area contributed by atoms with Crippen LogP contribution in [0, 0.1) is 11.3 Å². The van der Waals surface area contributed by atoms with Gasteiger partial charge in [-0.15, -0.1) is 0 Å². The van der Waals surface area contributed by atoms with Gasteiger partial charge in [-0.25, -0.2) is 0 Å². The van der Waals surface area contributed by atoms with Gasteiger partial charge >= 0.3 is 6.18 Å². The second-order valence-electron chi connectivity index (χ2n) is 7.93. The van der Waals surface area contributed by atoms with Gasteiger partial charge in [0.2, 0.25) is 0 Å². The van der Waals surface area contributed by atoms with Crippen LogP contribution in [0.15, 0.2) is 66.7 Å². The molecule has 2 heterocycles. The number of fused-ring (bicyclic) bond motifs is 3. The molecule has 1 unspecified atom stereocenters. The molecule has 8 heteroatoms. The third-order valence-corrected chi connectivity index (χ3v) is 6.41. The lowest BCUT2D eigenvalue weighted by Crippen LogP contribution is -2.39. The summed E-state index contributed by atoms with van der Waals surface area (Å²) >= 11 is 5.58. The van der Waals surface area contributed by atoms with E-state index in [0.29, 0.717) is 12.8 Å². The van der Waals surface area contributed by atoms with Crippen molar-refractivity contribution < 1.29 is 18.0 Å². The molecule has 0 bridgehead atoms. The van der Waals surface area contributed by atoms with Crippen molar-refractivity contribution in [3.05, 3.63) is 83.4 Å². The van der Waals surface area contributed by atoms with Crippen molar-refractivity contribution in [2.45, 2.75) is 25.1 Å². The van der Waals surface area contributed by atoms with Gasteiger partial charge in [-0.1, -0.05) is 36.4 Å². The van der Waals surface area contributed by atoms with Crippen molar-refractivity contribution in [3.8, 4) is 17.2 Å². The zero-order valence-electron chi connectivity index (χ0n) is 17.1. The number of nitrogens with zero attached hydrogens (tertiary/aromatic N) is 3. The van der Waals surface area contributed by atoms with Crippen molar-refractivity contribution >= 4 is 34.6 Å². The SMILES string of the molecule is N#Cc1ccc(N2C(=O)C3CCc4cc(-c5ccccc5)ccc4N3C2=S)cc1C(F)(F)F. The number of thiocarbonyl (C=S) groups is 1. The molecule has 164 valence electrons. The van der Waals surface area contributed by atoms with Crippen LogP contribution < -0.4 is 9.80 Å². The van der Waals surface area contributed by atoms with E-state index in [-0.39, 0.29) is 16.7 Å². The fraction of sp³-hybridized carbons (Fsp3) is 0.160. The minimum Gasteiger partial charge on any atom is -0.305 e. The van der Waals surface area contributed by atoms with Gasteiger partial charge in [0, 0.05) is 5.69 Å². The summed E-state index contributed by atoms with van der Waals surface area (Å²) in [4.78, 5) is 16.1. The van der Waals surface area contributed by atoms with Crippen LogP contribution >= 0.6 is 12.2 Å². The molecule has 0 saturated carbocycles. The second kappa shape index (κ2) is 7.71. The molecule has 3 aromatic rings. The standard InChI is InChI=1S/C25H16F3N3OS/c26-25(27,28)20-13-19(9-6-18(20)14-29)30-23(32)22-11-8-17-12-16(15-4-2-1-3-5-15)7-10-21(17)31(22)24(30)33/h1-7,9-10,12-13,22H,8,11H2. The van der Waals surface area contributed by atoms with Gasteiger partial charge in [0.25, 0.3) is 5.91 Å². The van der Waals surface area contributed by atoms with Crippen molar-refractivity contribution in [2.75, 3.05) is 9.80 Å². The van der Waals surface area contributed by atoms with Gasteiger partial charge in [-0.3, -0.25) is 9.69 Å². The van der Waals surface area contributed by atoms with Gasteiger partial charge in [-0.2, -0.15) is 18.4 Å². The number of rotatable bonds is 2. The molecule has 0 aliphatic carbocycles. The summed E-state index contributed by atoms with van der Waals surface area (Å²) in [6.07, 6.45) is -3.57. The van der Waals surface area contributed by atoms with Gasteiger partial charge in [0.15, 0.2) is 5.11 Å². The highest BCUT2D eigenvalue weighted by Crippen LogP contribution is 2.41. The maximum Gasteiger partial charge on any atom is 0.417 e. The number of carbonyl (C=O) groups is 1. The molecule has 4 nitrogen and oxygen atoms in total. The molecule has 1 fully saturated rings. The molecule has 5 rings (SSSR count). The second-order valence-corrected chi connectivity index (χ2v) is 8.29.